The van der Waals surface area contributed by atoms with E-state index in [0.717, 1.165) is 18.2 Å². The van der Waals surface area contributed by atoms with E-state index < -0.39 is 60.5 Å². The largest absolute Gasteiger partial charge is 0.478 e. The maximum atomic E-state index is 14.0. The molecule has 0 spiro atoms. The first-order chi connectivity index (χ1) is 17.4. The van der Waals surface area contributed by atoms with Gasteiger partial charge in [-0.1, -0.05) is 0 Å². The molecule has 2 aromatic carbocycles. The average Bonchev–Trinajstić information content (AvgIpc) is 2.76. The molecule has 0 amide bonds. The normalized spacial score (nSPS) is 13.3. The van der Waals surface area contributed by atoms with Crippen LogP contribution in [0.25, 0.3) is 21.9 Å². The van der Waals surface area contributed by atoms with Gasteiger partial charge in [0.05, 0.1) is 21.2 Å². The summed E-state index contributed by atoms with van der Waals surface area (Å²) in [5.41, 5.74) is -1.22. The monoisotopic (exact) mass is 566 g/mol. The van der Waals surface area contributed by atoms with Crippen molar-refractivity contribution in [1.29, 1.82) is 0 Å². The van der Waals surface area contributed by atoms with E-state index >= 15 is 0 Å². The molecular weight excluding hydrogens is 532 g/mol. The number of carboxylic acid groups (broad SMARTS) is 1. The van der Waals surface area contributed by atoms with E-state index in [-0.39, 0.29) is 32.4 Å². The van der Waals surface area contributed by atoms with Crippen molar-refractivity contribution in [1.82, 2.24) is 8.61 Å². The summed E-state index contributed by atoms with van der Waals surface area (Å²) in [5, 5.41) is 8.99. The Kier molecular flexibility index (Phi) is 8.14. The van der Waals surface area contributed by atoms with Crippen molar-refractivity contribution in [3.05, 3.63) is 46.1 Å². The molecule has 0 saturated heterocycles. The summed E-state index contributed by atoms with van der Waals surface area (Å²) >= 11 is 0. The molecule has 208 valence electrons. The van der Waals surface area contributed by atoms with E-state index in [9.17, 15) is 31.5 Å². The van der Waals surface area contributed by atoms with Crippen LogP contribution in [0.5, 0.6) is 0 Å². The Hall–Kier alpha value is -2.80. The van der Waals surface area contributed by atoms with Crippen molar-refractivity contribution in [2.45, 2.75) is 89.3 Å². The van der Waals surface area contributed by atoms with Gasteiger partial charge in [-0.15, -0.1) is 0 Å². The maximum Gasteiger partial charge on any atom is 0.335 e. The van der Waals surface area contributed by atoms with Gasteiger partial charge in [-0.25, -0.2) is 21.6 Å². The van der Waals surface area contributed by atoms with Gasteiger partial charge in [-0.2, -0.15) is 8.61 Å². The molecule has 1 N–H and O–H groups in total. The highest BCUT2D eigenvalue weighted by Crippen LogP contribution is 2.34. The first-order valence-electron chi connectivity index (χ1n) is 12.3. The zero-order chi connectivity index (χ0) is 28.9. The molecule has 1 aromatic heterocycles. The van der Waals surface area contributed by atoms with Crippen molar-refractivity contribution in [2.24, 2.45) is 0 Å². The van der Waals surface area contributed by atoms with Gasteiger partial charge in [0.15, 0.2) is 5.58 Å². The number of aromatic carboxylic acids is 1. The van der Waals surface area contributed by atoms with Gasteiger partial charge in [-0.05, 0) is 85.7 Å². The Morgan fingerprint density at radius 3 is 1.74 bits per heavy atom. The third-order valence-electron chi connectivity index (χ3n) is 6.12. The molecule has 38 heavy (non-hydrogen) atoms. The fraction of sp³-hybridized carbons (Fsp3) is 0.462. The summed E-state index contributed by atoms with van der Waals surface area (Å²) in [6.45, 7) is 13.6. The Morgan fingerprint density at radius 2 is 1.26 bits per heavy atom. The fourth-order valence-corrected chi connectivity index (χ4v) is 8.87. The van der Waals surface area contributed by atoms with Gasteiger partial charge in [0.25, 0.3) is 0 Å². The molecule has 1 heterocycles. The summed E-state index contributed by atoms with van der Waals surface area (Å²) in [4.78, 5) is 24.3. The number of fused-ring (bicyclic) bond motifs is 2. The second kappa shape index (κ2) is 10.4. The van der Waals surface area contributed by atoms with Gasteiger partial charge < -0.3 is 9.52 Å². The Balaban J connectivity index is 2.57. The number of carbonyl (C=O) groups is 1. The molecule has 0 bridgehead atoms. The molecule has 0 aliphatic heterocycles. The Morgan fingerprint density at radius 1 is 0.763 bits per heavy atom. The van der Waals surface area contributed by atoms with Crippen molar-refractivity contribution in [3.8, 4) is 0 Å². The minimum absolute atomic E-state index is 0.0220. The van der Waals surface area contributed by atoms with Crippen molar-refractivity contribution in [3.63, 3.8) is 0 Å². The lowest BCUT2D eigenvalue weighted by atomic mass is 10.1. The van der Waals surface area contributed by atoms with Crippen molar-refractivity contribution >= 4 is 48.0 Å². The zero-order valence-electron chi connectivity index (χ0n) is 22.7. The van der Waals surface area contributed by atoms with Crippen molar-refractivity contribution < 1.29 is 31.2 Å². The van der Waals surface area contributed by atoms with Crippen LogP contribution < -0.4 is 5.43 Å². The lowest BCUT2D eigenvalue weighted by Crippen LogP contribution is -2.43. The lowest BCUT2D eigenvalue weighted by Gasteiger charge is -2.31. The summed E-state index contributed by atoms with van der Waals surface area (Å²) in [6, 6.07) is 3.92. The highest BCUT2D eigenvalue weighted by molar-refractivity contribution is 7.90. The first kappa shape index (κ1) is 29.8. The molecule has 3 aromatic rings. The molecule has 0 saturated carbocycles. The van der Waals surface area contributed by atoms with E-state index in [4.69, 9.17) is 4.42 Å². The molecule has 0 fully saturated rings. The number of nitrogens with zero attached hydrogens (tertiary/aromatic N) is 2. The first-order valence-corrected chi connectivity index (χ1v) is 15.2. The van der Waals surface area contributed by atoms with Gasteiger partial charge in [0.2, 0.25) is 25.5 Å². The maximum absolute atomic E-state index is 14.0. The minimum Gasteiger partial charge on any atom is -0.478 e. The number of sulfonamides is 2. The molecule has 0 aliphatic rings. The molecular formula is C26H34N2O8S2. The third-order valence-corrected chi connectivity index (χ3v) is 10.6. The van der Waals surface area contributed by atoms with E-state index in [0.29, 0.717) is 0 Å². The van der Waals surface area contributed by atoms with Crippen LogP contribution in [-0.4, -0.2) is 60.7 Å². The predicted molar refractivity (Wildman–Crippen MR) is 146 cm³/mol. The van der Waals surface area contributed by atoms with Crippen LogP contribution in [0.1, 0.15) is 65.7 Å². The fourth-order valence-electron chi connectivity index (χ4n) is 4.91. The van der Waals surface area contributed by atoms with E-state index in [2.05, 4.69) is 0 Å². The van der Waals surface area contributed by atoms with E-state index in [1.54, 1.807) is 55.4 Å². The van der Waals surface area contributed by atoms with Crippen LogP contribution in [0.3, 0.4) is 0 Å². The molecule has 0 atom stereocenters. The number of hydrogen-bond acceptors (Lipinski definition) is 7. The van der Waals surface area contributed by atoms with Crippen LogP contribution in [-0.2, 0) is 20.0 Å². The highest BCUT2D eigenvalue weighted by Gasteiger charge is 2.36. The van der Waals surface area contributed by atoms with Crippen LogP contribution >= 0.6 is 0 Å². The molecule has 12 heteroatoms. The smallest absolute Gasteiger partial charge is 0.335 e. The zero-order valence-corrected chi connectivity index (χ0v) is 24.3. The summed E-state index contributed by atoms with van der Waals surface area (Å²) in [5.74, 6) is -1.26. The Bertz CT molecular complexity index is 1650. The van der Waals surface area contributed by atoms with Gasteiger partial charge in [-0.3, -0.25) is 4.79 Å². The average molecular weight is 567 g/mol. The molecule has 0 unspecified atom stereocenters. The van der Waals surface area contributed by atoms with Crippen LogP contribution in [0.2, 0.25) is 0 Å². The molecule has 0 radical (unpaired) electrons. The van der Waals surface area contributed by atoms with Crippen LogP contribution in [0, 0.1) is 0 Å². The SMILES string of the molecule is CC(C)N(C(C)C)S(=O)(=O)c1cc(S(=O)(=O)N(C(C)C)C(C)C)c2oc3ccc(C(=O)O)cc3c(=O)c2c1. The number of hydrogen-bond donors (Lipinski definition) is 1. The number of carboxylic acids is 1. The number of benzene rings is 2. The quantitative estimate of drug-likeness (QED) is 0.379. The summed E-state index contributed by atoms with van der Waals surface area (Å²) < 4.78 is 64.0. The van der Waals surface area contributed by atoms with E-state index in [1.807, 2.05) is 0 Å². The van der Waals surface area contributed by atoms with E-state index in [1.165, 1.54) is 20.7 Å². The van der Waals surface area contributed by atoms with Crippen LogP contribution in [0.15, 0.2) is 49.3 Å². The van der Waals surface area contributed by atoms with Gasteiger partial charge in [0, 0.05) is 24.2 Å². The highest BCUT2D eigenvalue weighted by atomic mass is 32.2. The second-order valence-corrected chi connectivity index (χ2v) is 13.9. The van der Waals surface area contributed by atoms with Gasteiger partial charge in [0.1, 0.15) is 10.5 Å². The minimum atomic E-state index is -4.36. The van der Waals surface area contributed by atoms with Gasteiger partial charge >= 0.3 is 5.97 Å². The molecule has 3 rings (SSSR count). The number of rotatable bonds is 9. The predicted octanol–water partition coefficient (Wildman–Crippen LogP) is 4.26. The van der Waals surface area contributed by atoms with Crippen LogP contribution in [0.4, 0.5) is 0 Å². The molecule has 0 aliphatic carbocycles. The standard InChI is InChI=1S/C26H34N2O8S2/c1-14(2)27(15(3)4)37(32,33)19-12-21-24(29)20-11-18(26(30)31)9-10-22(20)36-25(21)23(13-19)38(34,35)28(16(5)6)17(7)8/h9-17H,1-8H3,(H,30,31). The third kappa shape index (κ3) is 5.09. The van der Waals surface area contributed by atoms with Crippen molar-refractivity contribution in [2.75, 3.05) is 0 Å². The summed E-state index contributed by atoms with van der Waals surface area (Å²) in [6.07, 6.45) is 0. The lowest BCUT2D eigenvalue weighted by molar-refractivity contribution is 0.0697. The second-order valence-electron chi connectivity index (χ2n) is 10.3. The topological polar surface area (TPSA) is 142 Å². The Labute approximate surface area is 223 Å². The summed E-state index contributed by atoms with van der Waals surface area (Å²) in [7, 11) is -8.61. The molecule has 10 nitrogen and oxygen atoms in total.